The number of benzene rings is 3. The van der Waals surface area contributed by atoms with Gasteiger partial charge in [-0.05, 0) is 36.3 Å². The van der Waals surface area contributed by atoms with Crippen molar-refractivity contribution >= 4 is 34.9 Å². The SMILES string of the molecule is COc1ccccc1/C=C(/C(=O)OCC(=O)Nc1ccc(C)cc1[N+](=O)[O-])c1ccccc1. The molecule has 0 spiro atoms. The van der Waals surface area contributed by atoms with Gasteiger partial charge in [-0.25, -0.2) is 4.79 Å². The second-order valence-corrected chi connectivity index (χ2v) is 7.07. The highest BCUT2D eigenvalue weighted by molar-refractivity contribution is 6.22. The number of amides is 1. The van der Waals surface area contributed by atoms with E-state index in [9.17, 15) is 19.7 Å². The van der Waals surface area contributed by atoms with Crippen LogP contribution in [0.2, 0.25) is 0 Å². The third-order valence-electron chi connectivity index (χ3n) is 4.70. The first-order valence-electron chi connectivity index (χ1n) is 10.0. The number of hydrogen-bond donors (Lipinski definition) is 1. The first-order chi connectivity index (χ1) is 15.9. The fourth-order valence-corrected chi connectivity index (χ4v) is 3.11. The summed E-state index contributed by atoms with van der Waals surface area (Å²) in [5, 5.41) is 13.7. The summed E-state index contributed by atoms with van der Waals surface area (Å²) in [4.78, 5) is 35.9. The van der Waals surface area contributed by atoms with Gasteiger partial charge in [0.1, 0.15) is 11.4 Å². The van der Waals surface area contributed by atoms with E-state index < -0.39 is 23.4 Å². The minimum atomic E-state index is -0.722. The number of nitrogens with one attached hydrogen (secondary N) is 1. The molecule has 0 fully saturated rings. The maximum absolute atomic E-state index is 12.9. The first kappa shape index (κ1) is 23.2. The van der Waals surface area contributed by atoms with Crippen LogP contribution in [0.3, 0.4) is 0 Å². The molecule has 0 aliphatic rings. The van der Waals surface area contributed by atoms with E-state index in [1.807, 2.05) is 18.2 Å². The Labute approximate surface area is 190 Å². The molecule has 0 saturated carbocycles. The predicted octanol–water partition coefficient (Wildman–Crippen LogP) is 4.63. The van der Waals surface area contributed by atoms with Crippen molar-refractivity contribution in [3.8, 4) is 5.75 Å². The number of esters is 1. The summed E-state index contributed by atoms with van der Waals surface area (Å²) in [5.41, 5.74) is 1.96. The second kappa shape index (κ2) is 10.7. The van der Waals surface area contributed by atoms with E-state index in [4.69, 9.17) is 9.47 Å². The maximum Gasteiger partial charge on any atom is 0.339 e. The van der Waals surface area contributed by atoms with E-state index in [1.54, 1.807) is 55.5 Å². The molecule has 0 bridgehead atoms. The predicted molar refractivity (Wildman–Crippen MR) is 125 cm³/mol. The number of carbonyl (C=O) groups excluding carboxylic acids is 2. The molecule has 168 valence electrons. The Morgan fingerprint density at radius 2 is 1.73 bits per heavy atom. The largest absolute Gasteiger partial charge is 0.496 e. The van der Waals surface area contributed by atoms with Crippen molar-refractivity contribution < 1.29 is 24.0 Å². The van der Waals surface area contributed by atoms with Crippen molar-refractivity contribution in [3.05, 3.63) is 99.6 Å². The zero-order valence-corrected chi connectivity index (χ0v) is 18.1. The van der Waals surface area contributed by atoms with Gasteiger partial charge in [-0.2, -0.15) is 0 Å². The second-order valence-electron chi connectivity index (χ2n) is 7.07. The van der Waals surface area contributed by atoms with Crippen LogP contribution in [-0.2, 0) is 14.3 Å². The summed E-state index contributed by atoms with van der Waals surface area (Å²) in [6.45, 7) is 1.10. The molecule has 0 aliphatic carbocycles. The molecule has 0 atom stereocenters. The highest BCUT2D eigenvalue weighted by atomic mass is 16.6. The first-order valence-corrected chi connectivity index (χ1v) is 10.0. The van der Waals surface area contributed by atoms with E-state index >= 15 is 0 Å². The molecule has 3 rings (SSSR count). The number of ether oxygens (including phenoxy) is 2. The number of nitro benzene ring substituents is 1. The number of aryl methyl sites for hydroxylation is 1. The molecule has 0 unspecified atom stereocenters. The number of methoxy groups -OCH3 is 1. The van der Waals surface area contributed by atoms with Gasteiger partial charge in [-0.1, -0.05) is 54.6 Å². The van der Waals surface area contributed by atoms with Gasteiger partial charge >= 0.3 is 5.97 Å². The van der Waals surface area contributed by atoms with Gasteiger partial charge < -0.3 is 14.8 Å². The topological polar surface area (TPSA) is 108 Å². The zero-order valence-electron chi connectivity index (χ0n) is 18.1. The van der Waals surface area contributed by atoms with Crippen molar-refractivity contribution in [1.29, 1.82) is 0 Å². The Bertz CT molecular complexity index is 1200. The van der Waals surface area contributed by atoms with Crippen LogP contribution in [-0.4, -0.2) is 30.5 Å². The summed E-state index contributed by atoms with van der Waals surface area (Å²) < 4.78 is 10.6. The Morgan fingerprint density at radius 1 is 1.03 bits per heavy atom. The van der Waals surface area contributed by atoms with Crippen LogP contribution in [0.25, 0.3) is 11.6 Å². The highest BCUT2D eigenvalue weighted by Gasteiger charge is 2.19. The van der Waals surface area contributed by atoms with E-state index in [2.05, 4.69) is 5.32 Å². The van der Waals surface area contributed by atoms with Gasteiger partial charge in [-0.3, -0.25) is 14.9 Å². The third kappa shape index (κ3) is 6.04. The third-order valence-corrected chi connectivity index (χ3v) is 4.70. The Kier molecular flexibility index (Phi) is 7.54. The molecule has 1 amide bonds. The standard InChI is InChI=1S/C25H22N2O6/c1-17-12-13-21(22(14-17)27(30)31)26-24(28)16-33-25(29)20(18-8-4-3-5-9-18)15-19-10-6-7-11-23(19)32-2/h3-15H,16H2,1-2H3,(H,26,28)/b20-15+. The molecule has 0 saturated heterocycles. The lowest BCUT2D eigenvalue weighted by Gasteiger charge is -2.11. The fraction of sp³-hybridized carbons (Fsp3) is 0.120. The molecule has 0 radical (unpaired) electrons. The van der Waals surface area contributed by atoms with Gasteiger partial charge in [0.2, 0.25) is 0 Å². The number of nitrogens with zero attached hydrogens (tertiary/aromatic N) is 1. The number of para-hydroxylation sites is 1. The molecule has 0 heterocycles. The van der Waals surface area contributed by atoms with Gasteiger partial charge in [0, 0.05) is 11.6 Å². The summed E-state index contributed by atoms with van der Waals surface area (Å²) in [6, 6.07) is 20.5. The van der Waals surface area contributed by atoms with Crippen LogP contribution in [0.15, 0.2) is 72.8 Å². The lowest BCUT2D eigenvalue weighted by atomic mass is 10.0. The lowest BCUT2D eigenvalue weighted by molar-refractivity contribution is -0.384. The molecule has 8 nitrogen and oxygen atoms in total. The summed E-state index contributed by atoms with van der Waals surface area (Å²) in [5.74, 6) is -0.844. The molecule has 33 heavy (non-hydrogen) atoms. The maximum atomic E-state index is 12.9. The van der Waals surface area contributed by atoms with Crippen LogP contribution < -0.4 is 10.1 Å². The number of nitro groups is 1. The molecule has 0 aliphatic heterocycles. The minimum Gasteiger partial charge on any atom is -0.496 e. The smallest absolute Gasteiger partial charge is 0.339 e. The molecular weight excluding hydrogens is 424 g/mol. The Balaban J connectivity index is 1.79. The van der Waals surface area contributed by atoms with Crippen LogP contribution in [0.4, 0.5) is 11.4 Å². The number of carbonyl (C=O) groups is 2. The van der Waals surface area contributed by atoms with E-state index in [0.29, 0.717) is 22.4 Å². The summed E-state index contributed by atoms with van der Waals surface area (Å²) >= 11 is 0. The van der Waals surface area contributed by atoms with Crippen molar-refractivity contribution in [3.63, 3.8) is 0 Å². The number of anilines is 1. The van der Waals surface area contributed by atoms with E-state index in [-0.39, 0.29) is 16.9 Å². The number of hydrogen-bond acceptors (Lipinski definition) is 6. The number of rotatable bonds is 8. The van der Waals surface area contributed by atoms with Gasteiger partial charge in [0.15, 0.2) is 6.61 Å². The van der Waals surface area contributed by atoms with Gasteiger partial charge in [-0.15, -0.1) is 0 Å². The van der Waals surface area contributed by atoms with E-state index in [1.165, 1.54) is 19.2 Å². The lowest BCUT2D eigenvalue weighted by Crippen LogP contribution is -2.21. The van der Waals surface area contributed by atoms with Crippen LogP contribution in [0, 0.1) is 17.0 Å². The monoisotopic (exact) mass is 446 g/mol. The molecule has 3 aromatic carbocycles. The Hall–Kier alpha value is -4.46. The van der Waals surface area contributed by atoms with Gasteiger partial charge in [0.25, 0.3) is 11.6 Å². The molecule has 1 N–H and O–H groups in total. The van der Waals surface area contributed by atoms with Crippen LogP contribution in [0.1, 0.15) is 16.7 Å². The average Bonchev–Trinajstić information content (AvgIpc) is 2.82. The highest BCUT2D eigenvalue weighted by Crippen LogP contribution is 2.27. The summed E-state index contributed by atoms with van der Waals surface area (Å²) in [6.07, 6.45) is 1.62. The molecule has 0 aromatic heterocycles. The van der Waals surface area contributed by atoms with Crippen molar-refractivity contribution in [1.82, 2.24) is 0 Å². The normalized spacial score (nSPS) is 10.9. The van der Waals surface area contributed by atoms with Crippen molar-refractivity contribution in [2.45, 2.75) is 6.92 Å². The van der Waals surface area contributed by atoms with Crippen molar-refractivity contribution in [2.75, 3.05) is 19.0 Å². The van der Waals surface area contributed by atoms with Gasteiger partial charge in [0.05, 0.1) is 17.6 Å². The van der Waals surface area contributed by atoms with Crippen LogP contribution in [0.5, 0.6) is 5.75 Å². The Morgan fingerprint density at radius 3 is 2.42 bits per heavy atom. The fourth-order valence-electron chi connectivity index (χ4n) is 3.11. The quantitative estimate of drug-likeness (QED) is 0.178. The van der Waals surface area contributed by atoms with E-state index in [0.717, 1.165) is 0 Å². The minimum absolute atomic E-state index is 0.0273. The average molecular weight is 446 g/mol. The summed E-state index contributed by atoms with van der Waals surface area (Å²) in [7, 11) is 1.53. The molecule has 8 heteroatoms. The molecular formula is C25H22N2O6. The van der Waals surface area contributed by atoms with Crippen LogP contribution >= 0.6 is 0 Å². The molecule has 3 aromatic rings. The van der Waals surface area contributed by atoms with Crippen molar-refractivity contribution in [2.24, 2.45) is 0 Å². The zero-order chi connectivity index (χ0) is 23.8.